The lowest BCUT2D eigenvalue weighted by Crippen LogP contribution is -1.91. The molecule has 0 amide bonds. The molecule has 0 atom stereocenters. The number of aromatic carboxylic acids is 1. The average molecular weight is 268 g/mol. The van der Waals surface area contributed by atoms with E-state index in [1.165, 1.54) is 6.07 Å². The molecule has 0 unspecified atom stereocenters. The van der Waals surface area contributed by atoms with Gasteiger partial charge in [-0.3, -0.25) is 0 Å². The fourth-order valence-electron chi connectivity index (χ4n) is 1.17. The van der Waals surface area contributed by atoms with E-state index >= 15 is 0 Å². The molecular weight excluding hydrogens is 262 g/mol. The third-order valence-corrected chi connectivity index (χ3v) is 2.56. The van der Waals surface area contributed by atoms with Crippen molar-refractivity contribution in [1.82, 2.24) is 5.16 Å². The summed E-state index contributed by atoms with van der Waals surface area (Å²) in [6.45, 7) is 0. The van der Waals surface area contributed by atoms with E-state index in [4.69, 9.17) is 5.11 Å². The highest BCUT2D eigenvalue weighted by Crippen LogP contribution is 2.27. The van der Waals surface area contributed by atoms with E-state index in [-0.39, 0.29) is 5.76 Å². The van der Waals surface area contributed by atoms with Crippen LogP contribution in [0.15, 0.2) is 39.3 Å². The Labute approximate surface area is 93.6 Å². The first-order valence-electron chi connectivity index (χ1n) is 4.13. The van der Waals surface area contributed by atoms with Gasteiger partial charge in [0.25, 0.3) is 0 Å². The van der Waals surface area contributed by atoms with Crippen LogP contribution in [0.3, 0.4) is 0 Å². The van der Waals surface area contributed by atoms with Crippen LogP contribution in [0.25, 0.3) is 11.3 Å². The van der Waals surface area contributed by atoms with Crippen molar-refractivity contribution in [3.63, 3.8) is 0 Å². The van der Waals surface area contributed by atoms with Crippen LogP contribution in [0.4, 0.5) is 0 Å². The van der Waals surface area contributed by atoms with Crippen molar-refractivity contribution >= 4 is 21.9 Å². The molecule has 0 fully saturated rings. The maximum Gasteiger partial charge on any atom is 0.374 e. The SMILES string of the molecule is O=C(O)c1cc(-c2ccccc2Br)no1. The second-order valence-electron chi connectivity index (χ2n) is 2.86. The van der Waals surface area contributed by atoms with Gasteiger partial charge in [0.15, 0.2) is 0 Å². The van der Waals surface area contributed by atoms with Gasteiger partial charge in [-0.05, 0) is 6.07 Å². The van der Waals surface area contributed by atoms with Crippen LogP contribution >= 0.6 is 15.9 Å². The lowest BCUT2D eigenvalue weighted by Gasteiger charge is -1.97. The van der Waals surface area contributed by atoms with E-state index in [1.807, 2.05) is 24.3 Å². The van der Waals surface area contributed by atoms with Gasteiger partial charge in [0.2, 0.25) is 5.76 Å². The number of hydrogen-bond acceptors (Lipinski definition) is 3. The molecule has 0 aliphatic heterocycles. The van der Waals surface area contributed by atoms with Gasteiger partial charge in [-0.15, -0.1) is 0 Å². The Morgan fingerprint density at radius 2 is 2.13 bits per heavy atom. The molecule has 1 N–H and O–H groups in total. The number of halogens is 1. The maximum absolute atomic E-state index is 10.6. The minimum Gasteiger partial charge on any atom is -0.475 e. The van der Waals surface area contributed by atoms with Gasteiger partial charge >= 0.3 is 5.97 Å². The number of hydrogen-bond donors (Lipinski definition) is 1. The normalized spacial score (nSPS) is 10.2. The number of nitrogens with zero attached hydrogens (tertiary/aromatic N) is 1. The smallest absolute Gasteiger partial charge is 0.374 e. The first-order valence-corrected chi connectivity index (χ1v) is 4.92. The summed E-state index contributed by atoms with van der Waals surface area (Å²) in [7, 11) is 0. The van der Waals surface area contributed by atoms with Crippen molar-refractivity contribution in [3.8, 4) is 11.3 Å². The lowest BCUT2D eigenvalue weighted by atomic mass is 10.1. The largest absolute Gasteiger partial charge is 0.475 e. The van der Waals surface area contributed by atoms with Crippen molar-refractivity contribution in [2.75, 3.05) is 0 Å². The van der Waals surface area contributed by atoms with Crippen molar-refractivity contribution in [3.05, 3.63) is 40.6 Å². The molecule has 0 spiro atoms. The Morgan fingerprint density at radius 3 is 2.73 bits per heavy atom. The predicted octanol–water partition coefficient (Wildman–Crippen LogP) is 2.80. The molecule has 4 nitrogen and oxygen atoms in total. The van der Waals surface area contributed by atoms with Gasteiger partial charge in [0, 0.05) is 16.1 Å². The molecular formula is C10H6BrNO3. The molecule has 76 valence electrons. The Kier molecular flexibility index (Phi) is 2.55. The number of carbonyl (C=O) groups is 1. The second kappa shape index (κ2) is 3.86. The summed E-state index contributed by atoms with van der Waals surface area (Å²) in [6, 6.07) is 8.78. The fraction of sp³-hybridized carbons (Fsp3) is 0. The van der Waals surface area contributed by atoms with E-state index in [1.54, 1.807) is 0 Å². The molecule has 0 saturated heterocycles. The molecule has 2 aromatic rings. The average Bonchev–Trinajstić information content (AvgIpc) is 2.67. The number of carboxylic acids is 1. The zero-order chi connectivity index (χ0) is 10.8. The van der Waals surface area contributed by atoms with Gasteiger partial charge in [0.05, 0.1) is 0 Å². The predicted molar refractivity (Wildman–Crippen MR) is 56.6 cm³/mol. The van der Waals surface area contributed by atoms with Crippen LogP contribution in [0.2, 0.25) is 0 Å². The molecule has 1 aromatic carbocycles. The number of carboxylic acid groups (broad SMARTS) is 1. The van der Waals surface area contributed by atoms with E-state index in [2.05, 4.69) is 25.6 Å². The Balaban J connectivity index is 2.46. The highest BCUT2D eigenvalue weighted by Gasteiger charge is 2.13. The first kappa shape index (κ1) is 9.92. The van der Waals surface area contributed by atoms with Crippen molar-refractivity contribution in [1.29, 1.82) is 0 Å². The Morgan fingerprint density at radius 1 is 1.40 bits per heavy atom. The molecule has 0 bridgehead atoms. The molecule has 0 radical (unpaired) electrons. The molecule has 2 rings (SSSR count). The summed E-state index contributed by atoms with van der Waals surface area (Å²) in [5.74, 6) is -1.29. The second-order valence-corrected chi connectivity index (χ2v) is 3.72. The van der Waals surface area contributed by atoms with Gasteiger partial charge in [-0.2, -0.15) is 0 Å². The van der Waals surface area contributed by atoms with Crippen LogP contribution in [0, 0.1) is 0 Å². The molecule has 15 heavy (non-hydrogen) atoms. The molecule has 5 heteroatoms. The van der Waals surface area contributed by atoms with Crippen LogP contribution in [-0.2, 0) is 0 Å². The standard InChI is InChI=1S/C10H6BrNO3/c11-7-4-2-1-3-6(7)8-5-9(10(13)14)15-12-8/h1-5H,(H,13,14). The number of aromatic nitrogens is 1. The summed E-state index contributed by atoms with van der Waals surface area (Å²) in [4.78, 5) is 10.6. The summed E-state index contributed by atoms with van der Waals surface area (Å²) in [5.41, 5.74) is 1.30. The third-order valence-electron chi connectivity index (χ3n) is 1.87. The monoisotopic (exact) mass is 267 g/mol. The Hall–Kier alpha value is -1.62. The summed E-state index contributed by atoms with van der Waals surface area (Å²) < 4.78 is 5.51. The van der Waals surface area contributed by atoms with Crippen LogP contribution in [-0.4, -0.2) is 16.2 Å². The van der Waals surface area contributed by atoms with E-state index < -0.39 is 5.97 Å². The minimum absolute atomic E-state index is 0.166. The van der Waals surface area contributed by atoms with Crippen LogP contribution in [0.5, 0.6) is 0 Å². The van der Waals surface area contributed by atoms with Crippen LogP contribution in [0.1, 0.15) is 10.6 Å². The van der Waals surface area contributed by atoms with Gasteiger partial charge < -0.3 is 9.63 Å². The maximum atomic E-state index is 10.6. The van der Waals surface area contributed by atoms with E-state index in [0.29, 0.717) is 5.69 Å². The third kappa shape index (κ3) is 1.92. The highest BCUT2D eigenvalue weighted by atomic mass is 79.9. The van der Waals surface area contributed by atoms with Gasteiger partial charge in [-0.1, -0.05) is 39.3 Å². The first-order chi connectivity index (χ1) is 7.18. The van der Waals surface area contributed by atoms with Crippen molar-refractivity contribution < 1.29 is 14.4 Å². The Bertz CT molecular complexity index is 507. The molecule has 1 aromatic heterocycles. The zero-order valence-corrected chi connectivity index (χ0v) is 9.06. The topological polar surface area (TPSA) is 63.3 Å². The van der Waals surface area contributed by atoms with E-state index in [9.17, 15) is 4.79 Å². The summed E-state index contributed by atoms with van der Waals surface area (Å²) in [6.07, 6.45) is 0. The fourth-order valence-corrected chi connectivity index (χ4v) is 1.66. The van der Waals surface area contributed by atoms with Gasteiger partial charge in [0.1, 0.15) is 5.69 Å². The van der Waals surface area contributed by atoms with E-state index in [0.717, 1.165) is 10.0 Å². The summed E-state index contributed by atoms with van der Waals surface area (Å²) in [5, 5.41) is 12.4. The van der Waals surface area contributed by atoms with Gasteiger partial charge in [-0.25, -0.2) is 4.79 Å². The number of benzene rings is 1. The lowest BCUT2D eigenvalue weighted by molar-refractivity contribution is 0.0652. The molecule has 1 heterocycles. The molecule has 0 saturated carbocycles. The zero-order valence-electron chi connectivity index (χ0n) is 7.48. The highest BCUT2D eigenvalue weighted by molar-refractivity contribution is 9.10. The molecule has 0 aliphatic carbocycles. The summed E-state index contributed by atoms with van der Waals surface area (Å²) >= 11 is 3.35. The van der Waals surface area contributed by atoms with Crippen LogP contribution < -0.4 is 0 Å². The minimum atomic E-state index is -1.12. The quantitative estimate of drug-likeness (QED) is 0.909. The number of rotatable bonds is 2. The molecule has 0 aliphatic rings. The van der Waals surface area contributed by atoms with Crippen molar-refractivity contribution in [2.45, 2.75) is 0 Å². The van der Waals surface area contributed by atoms with Crippen molar-refractivity contribution in [2.24, 2.45) is 0 Å².